The maximum Gasteiger partial charge on any atom is 0.409 e. The number of ether oxygens (including phenoxy) is 1. The van der Waals surface area contributed by atoms with Crippen LogP contribution in [0.2, 0.25) is 0 Å². The Morgan fingerprint density at radius 1 is 1.21 bits per heavy atom. The lowest BCUT2D eigenvalue weighted by atomic mass is 10.1. The van der Waals surface area contributed by atoms with Crippen LogP contribution in [0.25, 0.3) is 16.9 Å². The maximum absolute atomic E-state index is 13.2. The van der Waals surface area contributed by atoms with Crippen LogP contribution >= 0.6 is 0 Å². The van der Waals surface area contributed by atoms with Crippen molar-refractivity contribution < 1.29 is 23.1 Å². The lowest BCUT2D eigenvalue weighted by Gasteiger charge is -2.36. The highest BCUT2D eigenvalue weighted by molar-refractivity contribution is 6.09. The third kappa shape index (κ3) is 5.10. The Kier molecular flexibility index (Phi) is 6.38. The molecule has 2 amide bonds. The van der Waals surface area contributed by atoms with E-state index < -0.39 is 24.5 Å². The normalized spacial score (nSPS) is 13.9. The monoisotopic (exact) mass is 525 g/mol. The van der Waals surface area contributed by atoms with E-state index in [1.807, 2.05) is 19.1 Å². The quantitative estimate of drug-likeness (QED) is 0.376. The number of aryl methyl sites for hydroxylation is 1. The number of hydrogen-bond donors (Lipinski definition) is 2. The lowest BCUT2D eigenvalue weighted by molar-refractivity contribution is 0.0367. The number of carbonyl (C=O) groups is 2. The van der Waals surface area contributed by atoms with Crippen molar-refractivity contribution >= 4 is 28.9 Å². The van der Waals surface area contributed by atoms with Crippen molar-refractivity contribution in [2.24, 2.45) is 0 Å². The number of fused-ring (bicyclic) bond motifs is 1. The number of alkyl halides is 2. The number of rotatable bonds is 7. The van der Waals surface area contributed by atoms with Gasteiger partial charge in [0.1, 0.15) is 6.04 Å². The minimum Gasteiger partial charge on any atom is -0.453 e. The van der Waals surface area contributed by atoms with Crippen molar-refractivity contribution in [1.82, 2.24) is 34.7 Å². The van der Waals surface area contributed by atoms with E-state index in [0.717, 1.165) is 12.5 Å². The summed E-state index contributed by atoms with van der Waals surface area (Å²) in [4.78, 5) is 27.7. The summed E-state index contributed by atoms with van der Waals surface area (Å²) in [5, 5.41) is 22.4. The van der Waals surface area contributed by atoms with Gasteiger partial charge in [0.2, 0.25) is 5.82 Å². The summed E-state index contributed by atoms with van der Waals surface area (Å²) in [7, 11) is 1.33. The Morgan fingerprint density at radius 2 is 2.00 bits per heavy atom. The molecule has 1 aliphatic heterocycles. The topological polar surface area (TPSA) is 132 Å². The van der Waals surface area contributed by atoms with Gasteiger partial charge in [0.25, 0.3) is 11.8 Å². The van der Waals surface area contributed by atoms with E-state index in [9.17, 15) is 18.4 Å². The van der Waals surface area contributed by atoms with Gasteiger partial charge in [-0.15, -0.1) is 10.2 Å². The van der Waals surface area contributed by atoms with Gasteiger partial charge in [-0.05, 0) is 35.9 Å². The fourth-order valence-corrected chi connectivity index (χ4v) is 3.98. The van der Waals surface area contributed by atoms with E-state index in [1.165, 1.54) is 27.5 Å². The van der Waals surface area contributed by atoms with Crippen LogP contribution in [0.15, 0.2) is 42.7 Å². The Labute approximate surface area is 215 Å². The predicted octanol–water partition coefficient (Wildman–Crippen LogP) is 3.24. The molecule has 1 aromatic carbocycles. The zero-order valence-electron chi connectivity index (χ0n) is 20.9. The molecule has 5 rings (SSSR count). The van der Waals surface area contributed by atoms with Crippen molar-refractivity contribution in [3.63, 3.8) is 0 Å². The number of carbonyl (C=O) groups excluding carboxylic acids is 2. The Balaban J connectivity index is 1.32. The first-order valence-electron chi connectivity index (χ1n) is 11.7. The van der Waals surface area contributed by atoms with E-state index in [0.29, 0.717) is 41.4 Å². The second-order valence-corrected chi connectivity index (χ2v) is 9.17. The Morgan fingerprint density at radius 3 is 2.74 bits per heavy atom. The van der Waals surface area contributed by atoms with Gasteiger partial charge in [0.05, 0.1) is 44.0 Å². The fourth-order valence-electron chi connectivity index (χ4n) is 3.98. The molecule has 1 aliphatic rings. The number of methoxy groups -OCH3 is 1. The highest BCUT2D eigenvalue weighted by Crippen LogP contribution is 2.26. The molecule has 1 fully saturated rings. The summed E-state index contributed by atoms with van der Waals surface area (Å²) >= 11 is 0. The number of anilines is 2. The number of amides is 2. The second kappa shape index (κ2) is 9.68. The highest BCUT2D eigenvalue weighted by Gasteiger charge is 2.34. The molecular weight excluding hydrogens is 500 g/mol. The summed E-state index contributed by atoms with van der Waals surface area (Å²) in [5.74, 6) is -2.92. The molecule has 0 radical (unpaired) electrons. The number of aromatic nitrogens is 6. The molecule has 0 spiro atoms. The number of nitrogens with zero attached hydrogens (tertiary/aromatic N) is 7. The van der Waals surface area contributed by atoms with Gasteiger partial charge in [-0.25, -0.2) is 18.1 Å². The summed E-state index contributed by atoms with van der Waals surface area (Å²) in [5.41, 5.74) is 3.20. The van der Waals surface area contributed by atoms with Crippen molar-refractivity contribution in [3.05, 3.63) is 53.9 Å². The standard InChI is InChI=1S/C24H25F2N9O3/c1-14-4-5-15(21-30-32-35(31-21)17-11-33(12-17)23(37)38-3)8-19(14)29-22(36)18-10-28-34-7-6-16(9-20(18)34)27-13-24(2,25)26/h4-10,17,27H,11-13H2,1-3H3,(H,29,36). The van der Waals surface area contributed by atoms with Gasteiger partial charge >= 0.3 is 6.09 Å². The summed E-state index contributed by atoms with van der Waals surface area (Å²) in [6, 6.07) is 8.51. The molecule has 0 aliphatic carbocycles. The molecule has 0 unspecified atom stereocenters. The number of likely N-dealkylation sites (tertiary alicyclic amines) is 1. The first kappa shape index (κ1) is 25.0. The zero-order chi connectivity index (χ0) is 27.0. The molecule has 4 heterocycles. The minimum atomic E-state index is -2.88. The van der Waals surface area contributed by atoms with Crippen molar-refractivity contribution in [2.75, 3.05) is 37.4 Å². The average Bonchev–Trinajstić information content (AvgIpc) is 3.50. The van der Waals surface area contributed by atoms with Gasteiger partial charge in [0.15, 0.2) is 0 Å². The molecule has 2 N–H and O–H groups in total. The largest absolute Gasteiger partial charge is 0.453 e. The van der Waals surface area contributed by atoms with Gasteiger partial charge < -0.3 is 20.3 Å². The summed E-state index contributed by atoms with van der Waals surface area (Å²) < 4.78 is 32.7. The van der Waals surface area contributed by atoms with Crippen molar-refractivity contribution in [2.45, 2.75) is 25.8 Å². The Hall–Kier alpha value is -4.62. The molecular formula is C24H25F2N9O3. The number of halogens is 2. The van der Waals surface area contributed by atoms with Crippen molar-refractivity contribution in [3.8, 4) is 11.4 Å². The van der Waals surface area contributed by atoms with Crippen LogP contribution in [0.4, 0.5) is 25.0 Å². The molecule has 0 saturated carbocycles. The van der Waals surface area contributed by atoms with Crippen molar-refractivity contribution in [1.29, 1.82) is 0 Å². The number of pyridine rings is 1. The van der Waals surface area contributed by atoms with Crippen LogP contribution in [0, 0.1) is 6.92 Å². The molecule has 38 heavy (non-hydrogen) atoms. The third-order valence-corrected chi connectivity index (χ3v) is 6.16. The van der Waals surface area contributed by atoms with E-state index in [2.05, 4.69) is 31.1 Å². The lowest BCUT2D eigenvalue weighted by Crippen LogP contribution is -2.51. The molecule has 12 nitrogen and oxygen atoms in total. The van der Waals surface area contributed by atoms with Crippen LogP contribution < -0.4 is 10.6 Å². The van der Waals surface area contributed by atoms with Crippen LogP contribution in [-0.2, 0) is 4.74 Å². The number of nitrogens with one attached hydrogen (secondary N) is 2. The van der Waals surface area contributed by atoms with Gasteiger partial charge in [-0.3, -0.25) is 4.79 Å². The Bertz CT molecular complexity index is 1510. The second-order valence-electron chi connectivity index (χ2n) is 9.17. The van der Waals surface area contributed by atoms with E-state index in [4.69, 9.17) is 4.74 Å². The molecule has 1 saturated heterocycles. The van der Waals surface area contributed by atoms with E-state index in [-0.39, 0.29) is 11.6 Å². The molecule has 3 aromatic heterocycles. The highest BCUT2D eigenvalue weighted by atomic mass is 19.3. The maximum atomic E-state index is 13.2. The molecule has 0 bridgehead atoms. The van der Waals surface area contributed by atoms with Crippen LogP contribution in [0.1, 0.15) is 28.9 Å². The smallest absolute Gasteiger partial charge is 0.409 e. The first-order valence-corrected chi connectivity index (χ1v) is 11.7. The van der Waals surface area contributed by atoms with Crippen LogP contribution in [0.5, 0.6) is 0 Å². The first-order chi connectivity index (χ1) is 18.1. The van der Waals surface area contributed by atoms with Gasteiger partial charge in [-0.1, -0.05) is 12.1 Å². The van der Waals surface area contributed by atoms with Crippen LogP contribution in [-0.4, -0.2) is 79.4 Å². The van der Waals surface area contributed by atoms with Crippen LogP contribution in [0.3, 0.4) is 0 Å². The third-order valence-electron chi connectivity index (χ3n) is 6.16. The fraction of sp³-hybridized carbons (Fsp3) is 0.333. The predicted molar refractivity (Wildman–Crippen MR) is 133 cm³/mol. The zero-order valence-corrected chi connectivity index (χ0v) is 20.9. The minimum absolute atomic E-state index is 0.0986. The SMILES string of the molecule is COC(=O)N1CC(n2nnc(-c3ccc(C)c(NC(=O)c4cnn5ccc(NCC(C)(F)F)cc45)c3)n2)C1. The summed E-state index contributed by atoms with van der Waals surface area (Å²) in [6.07, 6.45) is 2.61. The molecule has 4 aromatic rings. The molecule has 0 atom stereocenters. The number of hydrogen-bond acceptors (Lipinski definition) is 8. The summed E-state index contributed by atoms with van der Waals surface area (Å²) in [6.45, 7) is 3.00. The van der Waals surface area contributed by atoms with E-state index in [1.54, 1.807) is 24.4 Å². The molecule has 198 valence electrons. The van der Waals surface area contributed by atoms with Gasteiger partial charge in [0, 0.05) is 30.1 Å². The molecule has 14 heteroatoms. The number of tetrazole rings is 1. The number of benzene rings is 1. The van der Waals surface area contributed by atoms with E-state index >= 15 is 0 Å². The average molecular weight is 526 g/mol. The van der Waals surface area contributed by atoms with Gasteiger partial charge in [-0.2, -0.15) is 9.90 Å².